The van der Waals surface area contributed by atoms with Crippen LogP contribution in [0, 0.1) is 23.1 Å². The molecule has 0 saturated heterocycles. The second-order valence-electron chi connectivity index (χ2n) is 5.22. The van der Waals surface area contributed by atoms with E-state index in [-0.39, 0.29) is 16.5 Å². The Kier molecular flexibility index (Phi) is 5.89. The third kappa shape index (κ3) is 4.43. The summed E-state index contributed by atoms with van der Waals surface area (Å²) in [7, 11) is 0. The van der Waals surface area contributed by atoms with E-state index in [0.717, 1.165) is 12.1 Å². The van der Waals surface area contributed by atoms with Gasteiger partial charge >= 0.3 is 5.97 Å². The van der Waals surface area contributed by atoms with E-state index in [4.69, 9.17) is 21.6 Å². The second-order valence-corrected chi connectivity index (χ2v) is 5.62. The lowest BCUT2D eigenvalue weighted by Gasteiger charge is -2.27. The summed E-state index contributed by atoms with van der Waals surface area (Å²) in [5.41, 5.74) is -1.10. The SMILES string of the molecule is CC(C)[C@](C)(C#N)NC(=O)COC(=O)c1ccc(F)cc1Cl. The molecule has 0 aliphatic rings. The number of esters is 1. The third-order valence-electron chi connectivity index (χ3n) is 3.27. The van der Waals surface area contributed by atoms with Crippen molar-refractivity contribution >= 4 is 23.5 Å². The number of hydrogen-bond acceptors (Lipinski definition) is 4. The maximum Gasteiger partial charge on any atom is 0.340 e. The highest BCUT2D eigenvalue weighted by molar-refractivity contribution is 6.33. The zero-order chi connectivity index (χ0) is 16.9. The first-order chi connectivity index (χ1) is 10.2. The number of benzene rings is 1. The number of nitriles is 1. The van der Waals surface area contributed by atoms with Crippen molar-refractivity contribution in [2.24, 2.45) is 5.92 Å². The molecule has 0 unspecified atom stereocenters. The number of hydrogen-bond donors (Lipinski definition) is 1. The van der Waals surface area contributed by atoms with Gasteiger partial charge in [-0.3, -0.25) is 4.79 Å². The monoisotopic (exact) mass is 326 g/mol. The molecular weight excluding hydrogens is 311 g/mol. The van der Waals surface area contributed by atoms with Crippen LogP contribution in [0.3, 0.4) is 0 Å². The molecule has 1 N–H and O–H groups in total. The summed E-state index contributed by atoms with van der Waals surface area (Å²) < 4.78 is 17.7. The summed E-state index contributed by atoms with van der Waals surface area (Å²) in [6, 6.07) is 5.22. The molecule has 5 nitrogen and oxygen atoms in total. The number of nitrogens with one attached hydrogen (secondary N) is 1. The predicted octanol–water partition coefficient (Wildman–Crippen LogP) is 2.69. The van der Waals surface area contributed by atoms with Crippen molar-refractivity contribution in [3.8, 4) is 6.07 Å². The highest BCUT2D eigenvalue weighted by atomic mass is 35.5. The van der Waals surface area contributed by atoms with Gasteiger partial charge in [-0.05, 0) is 31.0 Å². The fourth-order valence-electron chi connectivity index (χ4n) is 1.49. The molecule has 0 radical (unpaired) electrons. The minimum Gasteiger partial charge on any atom is -0.452 e. The summed E-state index contributed by atoms with van der Waals surface area (Å²) in [4.78, 5) is 23.5. The number of carbonyl (C=O) groups is 2. The Morgan fingerprint density at radius 2 is 2.14 bits per heavy atom. The van der Waals surface area contributed by atoms with Crippen molar-refractivity contribution in [3.63, 3.8) is 0 Å². The standard InChI is InChI=1S/C15H16ClFN2O3/c1-9(2)15(3,8-18)19-13(20)7-22-14(21)11-5-4-10(17)6-12(11)16/h4-6,9H,7H2,1-3H3,(H,19,20)/t15-/m0/s1. The van der Waals surface area contributed by atoms with Crippen LogP contribution in [0.15, 0.2) is 18.2 Å². The van der Waals surface area contributed by atoms with Gasteiger partial charge in [0, 0.05) is 0 Å². The molecule has 1 atom stereocenters. The Morgan fingerprint density at radius 1 is 1.50 bits per heavy atom. The molecule has 7 heteroatoms. The molecular formula is C15H16ClFN2O3. The van der Waals surface area contributed by atoms with Gasteiger partial charge in [-0.25, -0.2) is 9.18 Å². The normalized spacial score (nSPS) is 13.1. The number of rotatable bonds is 5. The number of amides is 1. The van der Waals surface area contributed by atoms with E-state index in [2.05, 4.69) is 5.32 Å². The maximum atomic E-state index is 12.9. The van der Waals surface area contributed by atoms with Crippen LogP contribution < -0.4 is 5.32 Å². The highest BCUT2D eigenvalue weighted by Crippen LogP contribution is 2.18. The average molecular weight is 327 g/mol. The van der Waals surface area contributed by atoms with Crippen LogP contribution in [0.25, 0.3) is 0 Å². The molecule has 1 aromatic carbocycles. The maximum absolute atomic E-state index is 12.9. The smallest absolute Gasteiger partial charge is 0.340 e. The van der Waals surface area contributed by atoms with E-state index >= 15 is 0 Å². The summed E-state index contributed by atoms with van der Waals surface area (Å²) >= 11 is 5.73. The first-order valence-electron chi connectivity index (χ1n) is 6.54. The first-order valence-corrected chi connectivity index (χ1v) is 6.92. The van der Waals surface area contributed by atoms with Gasteiger partial charge in [0.1, 0.15) is 11.4 Å². The number of carbonyl (C=O) groups excluding carboxylic acids is 2. The lowest BCUT2D eigenvalue weighted by Crippen LogP contribution is -2.50. The fourth-order valence-corrected chi connectivity index (χ4v) is 1.74. The van der Waals surface area contributed by atoms with E-state index < -0.39 is 29.8 Å². The van der Waals surface area contributed by atoms with Crippen LogP contribution >= 0.6 is 11.6 Å². The Hall–Kier alpha value is -2.13. The zero-order valence-corrected chi connectivity index (χ0v) is 13.2. The van der Waals surface area contributed by atoms with Gasteiger partial charge in [0.25, 0.3) is 5.91 Å². The van der Waals surface area contributed by atoms with Crippen molar-refractivity contribution in [1.82, 2.24) is 5.32 Å². The molecule has 0 aliphatic heterocycles. The quantitative estimate of drug-likeness (QED) is 0.844. The average Bonchev–Trinajstić information content (AvgIpc) is 2.44. The van der Waals surface area contributed by atoms with Gasteiger partial charge in [0.15, 0.2) is 6.61 Å². The topological polar surface area (TPSA) is 79.2 Å². The molecule has 1 rings (SSSR count). The molecule has 1 aromatic rings. The molecule has 1 amide bonds. The zero-order valence-electron chi connectivity index (χ0n) is 12.4. The molecule has 0 fully saturated rings. The van der Waals surface area contributed by atoms with Crippen LogP contribution in [-0.2, 0) is 9.53 Å². The van der Waals surface area contributed by atoms with Gasteiger partial charge < -0.3 is 10.1 Å². The van der Waals surface area contributed by atoms with Gasteiger partial charge in [-0.1, -0.05) is 25.4 Å². The first kappa shape index (κ1) is 17.9. The van der Waals surface area contributed by atoms with Crippen LogP contribution in [0.4, 0.5) is 4.39 Å². The molecule has 0 saturated carbocycles. The van der Waals surface area contributed by atoms with Gasteiger partial charge in [0.2, 0.25) is 0 Å². The molecule has 0 heterocycles. The van der Waals surface area contributed by atoms with E-state index in [1.165, 1.54) is 6.07 Å². The Balaban J connectivity index is 2.65. The molecule has 0 bridgehead atoms. The fraction of sp³-hybridized carbons (Fsp3) is 0.400. The molecule has 118 valence electrons. The number of halogens is 2. The third-order valence-corrected chi connectivity index (χ3v) is 3.58. The number of nitrogens with zero attached hydrogens (tertiary/aromatic N) is 1. The summed E-state index contributed by atoms with van der Waals surface area (Å²) in [5.74, 6) is -2.16. The van der Waals surface area contributed by atoms with Crippen LogP contribution in [0.5, 0.6) is 0 Å². The summed E-state index contributed by atoms with van der Waals surface area (Å²) in [5, 5.41) is 11.5. The van der Waals surface area contributed by atoms with E-state index in [0.29, 0.717) is 0 Å². The van der Waals surface area contributed by atoms with Gasteiger partial charge in [-0.2, -0.15) is 5.26 Å². The largest absolute Gasteiger partial charge is 0.452 e. The van der Waals surface area contributed by atoms with Crippen molar-refractivity contribution in [2.45, 2.75) is 26.3 Å². The highest BCUT2D eigenvalue weighted by Gasteiger charge is 2.30. The lowest BCUT2D eigenvalue weighted by molar-refractivity contribution is -0.125. The minimum atomic E-state index is -1.06. The van der Waals surface area contributed by atoms with Crippen LogP contribution in [0.1, 0.15) is 31.1 Å². The molecule has 0 spiro atoms. The van der Waals surface area contributed by atoms with E-state index in [1.54, 1.807) is 20.8 Å². The second kappa shape index (κ2) is 7.23. The Labute approximate surface area is 133 Å². The van der Waals surface area contributed by atoms with Crippen molar-refractivity contribution in [1.29, 1.82) is 5.26 Å². The predicted molar refractivity (Wildman–Crippen MR) is 78.7 cm³/mol. The number of ether oxygens (including phenoxy) is 1. The molecule has 0 aliphatic carbocycles. The van der Waals surface area contributed by atoms with Gasteiger partial charge in [0.05, 0.1) is 16.7 Å². The van der Waals surface area contributed by atoms with Crippen LogP contribution in [-0.4, -0.2) is 24.0 Å². The Morgan fingerprint density at radius 3 is 2.64 bits per heavy atom. The van der Waals surface area contributed by atoms with E-state index in [1.807, 2.05) is 6.07 Å². The van der Waals surface area contributed by atoms with Gasteiger partial charge in [-0.15, -0.1) is 0 Å². The summed E-state index contributed by atoms with van der Waals surface area (Å²) in [6.07, 6.45) is 0. The summed E-state index contributed by atoms with van der Waals surface area (Å²) in [6.45, 7) is 4.59. The minimum absolute atomic E-state index is 0.0391. The van der Waals surface area contributed by atoms with E-state index in [9.17, 15) is 14.0 Å². The van der Waals surface area contributed by atoms with Crippen molar-refractivity contribution in [2.75, 3.05) is 6.61 Å². The van der Waals surface area contributed by atoms with Crippen molar-refractivity contribution in [3.05, 3.63) is 34.6 Å². The molecule has 22 heavy (non-hydrogen) atoms. The van der Waals surface area contributed by atoms with Crippen molar-refractivity contribution < 1.29 is 18.7 Å². The lowest BCUT2D eigenvalue weighted by atomic mass is 9.90. The molecule has 0 aromatic heterocycles. The van der Waals surface area contributed by atoms with Crippen LogP contribution in [0.2, 0.25) is 5.02 Å². The Bertz CT molecular complexity index is 628.